The number of oxime groups is 1. The zero-order valence-electron chi connectivity index (χ0n) is 11.8. The van der Waals surface area contributed by atoms with Gasteiger partial charge >= 0.3 is 10.1 Å². The maximum Gasteiger partial charge on any atom is 0.358 e. The molecule has 8 heteroatoms. The van der Waals surface area contributed by atoms with Crippen LogP contribution in [0, 0.1) is 0 Å². The molecule has 0 aromatic heterocycles. The van der Waals surface area contributed by atoms with E-state index in [1.165, 1.54) is 12.1 Å². The molecular weight excluding hydrogens is 349 g/mol. The lowest BCUT2D eigenvalue weighted by molar-refractivity contribution is -0.115. The predicted molar refractivity (Wildman–Crippen MR) is 84.8 cm³/mol. The SMILES string of the molecule is CC1=C(C)/C(=N\OS(=O)(=O)c2ccccc2)C(Cl)C(Cl)C1=O. The van der Waals surface area contributed by atoms with Crippen LogP contribution in [0.3, 0.4) is 0 Å². The van der Waals surface area contributed by atoms with Gasteiger partial charge < -0.3 is 0 Å². The Morgan fingerprint density at radius 3 is 2.23 bits per heavy atom. The van der Waals surface area contributed by atoms with E-state index in [1.54, 1.807) is 32.0 Å². The Bertz CT molecular complexity index is 756. The lowest BCUT2D eigenvalue weighted by atomic mass is 9.90. The number of hydrogen-bond donors (Lipinski definition) is 0. The molecule has 2 atom stereocenters. The van der Waals surface area contributed by atoms with Crippen LogP contribution >= 0.6 is 23.2 Å². The van der Waals surface area contributed by atoms with E-state index in [0.29, 0.717) is 11.1 Å². The fourth-order valence-corrected chi connectivity index (χ4v) is 3.26. The molecule has 0 fully saturated rings. The Morgan fingerprint density at radius 1 is 1.05 bits per heavy atom. The Kier molecular flexibility index (Phi) is 4.94. The summed E-state index contributed by atoms with van der Waals surface area (Å²) in [6.07, 6.45) is 0. The number of halogens is 2. The number of carbonyl (C=O) groups is 1. The number of carbonyl (C=O) groups excluding carboxylic acids is 1. The van der Waals surface area contributed by atoms with Crippen molar-refractivity contribution >= 4 is 44.8 Å². The normalized spacial score (nSPS) is 24.7. The summed E-state index contributed by atoms with van der Waals surface area (Å²) >= 11 is 12.0. The highest BCUT2D eigenvalue weighted by Crippen LogP contribution is 2.28. The number of allylic oxidation sites excluding steroid dienone is 2. The molecule has 5 nitrogen and oxygen atoms in total. The molecule has 1 aromatic carbocycles. The minimum absolute atomic E-state index is 0.0295. The summed E-state index contributed by atoms with van der Waals surface area (Å²) in [6, 6.07) is 7.59. The quantitative estimate of drug-likeness (QED) is 0.612. The van der Waals surface area contributed by atoms with Crippen LogP contribution in [0.5, 0.6) is 0 Å². The van der Waals surface area contributed by atoms with Gasteiger partial charge in [-0.3, -0.25) is 9.08 Å². The summed E-state index contributed by atoms with van der Waals surface area (Å²) in [5.41, 5.74) is 0.986. The highest BCUT2D eigenvalue weighted by Gasteiger charge is 2.37. The fraction of sp³-hybridized carbons (Fsp3) is 0.286. The van der Waals surface area contributed by atoms with Gasteiger partial charge in [-0.25, -0.2) is 0 Å². The number of ketones is 1. The first-order chi connectivity index (χ1) is 10.3. The first-order valence-corrected chi connectivity index (χ1v) is 8.60. The molecule has 0 spiro atoms. The maximum absolute atomic E-state index is 12.0. The number of benzene rings is 1. The van der Waals surface area contributed by atoms with Gasteiger partial charge in [0.25, 0.3) is 0 Å². The lowest BCUT2D eigenvalue weighted by Crippen LogP contribution is -2.38. The number of nitrogens with zero attached hydrogens (tertiary/aromatic N) is 1. The molecule has 0 heterocycles. The van der Waals surface area contributed by atoms with Gasteiger partial charge in [0.1, 0.15) is 21.4 Å². The van der Waals surface area contributed by atoms with Gasteiger partial charge in [-0.1, -0.05) is 23.4 Å². The fourth-order valence-electron chi connectivity index (χ4n) is 1.90. The van der Waals surface area contributed by atoms with Crippen LogP contribution in [0.15, 0.2) is 51.5 Å². The standard InChI is InChI=1S/C14H13Cl2NO4S/c1-8-9(2)14(18)12(16)11(15)13(8)17-21-22(19,20)10-6-4-3-5-7-10/h3-7,11-12H,1-2H3/b17-13+. The average Bonchev–Trinajstić information content (AvgIpc) is 2.52. The molecular formula is C14H13Cl2NO4S. The molecule has 0 saturated heterocycles. The molecule has 2 unspecified atom stereocenters. The van der Waals surface area contributed by atoms with Crippen LogP contribution in [0.25, 0.3) is 0 Å². The Labute approximate surface area is 138 Å². The van der Waals surface area contributed by atoms with Gasteiger partial charge in [0.2, 0.25) is 0 Å². The molecule has 118 valence electrons. The Hall–Kier alpha value is -1.37. The van der Waals surface area contributed by atoms with E-state index in [2.05, 4.69) is 5.16 Å². The van der Waals surface area contributed by atoms with Crippen molar-refractivity contribution in [2.45, 2.75) is 29.5 Å². The molecule has 0 radical (unpaired) electrons. The molecule has 1 aromatic rings. The van der Waals surface area contributed by atoms with Crippen LogP contribution in [0.4, 0.5) is 0 Å². The molecule has 0 amide bonds. The number of rotatable bonds is 3. The van der Waals surface area contributed by atoms with Gasteiger partial charge in [0.15, 0.2) is 5.78 Å². The van der Waals surface area contributed by atoms with Crippen molar-refractivity contribution in [3.05, 3.63) is 41.5 Å². The molecule has 0 N–H and O–H groups in total. The summed E-state index contributed by atoms with van der Waals surface area (Å²) in [4.78, 5) is 11.8. The second-order valence-corrected chi connectivity index (χ2v) is 7.21. The van der Waals surface area contributed by atoms with E-state index < -0.39 is 20.9 Å². The third kappa shape index (κ3) is 3.19. The van der Waals surface area contributed by atoms with Crippen molar-refractivity contribution in [2.24, 2.45) is 5.16 Å². The van der Waals surface area contributed by atoms with E-state index in [1.807, 2.05) is 0 Å². The minimum Gasteiger partial charge on any atom is -0.293 e. The topological polar surface area (TPSA) is 72.8 Å². The van der Waals surface area contributed by atoms with E-state index in [0.717, 1.165) is 0 Å². The molecule has 2 rings (SSSR count). The van der Waals surface area contributed by atoms with Gasteiger partial charge in [0.05, 0.1) is 0 Å². The monoisotopic (exact) mass is 361 g/mol. The zero-order valence-corrected chi connectivity index (χ0v) is 14.1. The van der Waals surface area contributed by atoms with Crippen molar-refractivity contribution in [3.63, 3.8) is 0 Å². The molecule has 0 bridgehead atoms. The largest absolute Gasteiger partial charge is 0.358 e. The van der Waals surface area contributed by atoms with Crippen LogP contribution in [-0.2, 0) is 19.2 Å². The van der Waals surface area contributed by atoms with E-state index in [4.69, 9.17) is 27.5 Å². The third-order valence-electron chi connectivity index (χ3n) is 3.35. The molecule has 22 heavy (non-hydrogen) atoms. The molecule has 0 aliphatic heterocycles. The average molecular weight is 362 g/mol. The summed E-state index contributed by atoms with van der Waals surface area (Å²) in [6.45, 7) is 3.19. The van der Waals surface area contributed by atoms with E-state index in [-0.39, 0.29) is 16.4 Å². The number of Topliss-reactive ketones (excluding diaryl/α,β-unsaturated/α-hetero) is 1. The number of hydrogen-bond acceptors (Lipinski definition) is 5. The van der Waals surface area contributed by atoms with Crippen LogP contribution < -0.4 is 0 Å². The second-order valence-electron chi connectivity index (χ2n) is 4.74. The first-order valence-electron chi connectivity index (χ1n) is 6.32. The van der Waals surface area contributed by atoms with Crippen molar-refractivity contribution in [3.8, 4) is 0 Å². The maximum atomic E-state index is 12.0. The van der Waals surface area contributed by atoms with E-state index >= 15 is 0 Å². The Balaban J connectivity index is 2.36. The number of alkyl halides is 2. The predicted octanol–water partition coefficient (Wildman–Crippen LogP) is 2.88. The van der Waals surface area contributed by atoms with E-state index in [9.17, 15) is 13.2 Å². The van der Waals surface area contributed by atoms with Gasteiger partial charge in [-0.05, 0) is 37.1 Å². The lowest BCUT2D eigenvalue weighted by Gasteiger charge is -2.24. The molecule has 0 saturated carbocycles. The highest BCUT2D eigenvalue weighted by atomic mass is 35.5. The summed E-state index contributed by atoms with van der Waals surface area (Å²) in [5, 5.41) is 1.67. The first kappa shape index (κ1) is 17.0. The van der Waals surface area contributed by atoms with Crippen molar-refractivity contribution in [1.29, 1.82) is 0 Å². The van der Waals surface area contributed by atoms with Crippen LogP contribution in [0.2, 0.25) is 0 Å². The smallest absolute Gasteiger partial charge is 0.293 e. The Morgan fingerprint density at radius 2 is 1.64 bits per heavy atom. The summed E-state index contributed by atoms with van der Waals surface area (Å²) < 4.78 is 28.8. The van der Waals surface area contributed by atoms with Gasteiger partial charge in [-0.15, -0.1) is 23.2 Å². The summed E-state index contributed by atoms with van der Waals surface area (Å²) in [5.74, 6) is -0.302. The van der Waals surface area contributed by atoms with Crippen LogP contribution in [0.1, 0.15) is 13.8 Å². The highest BCUT2D eigenvalue weighted by molar-refractivity contribution is 7.86. The molecule has 1 aliphatic rings. The van der Waals surface area contributed by atoms with Gasteiger partial charge in [0, 0.05) is 0 Å². The van der Waals surface area contributed by atoms with Crippen molar-refractivity contribution < 1.29 is 17.5 Å². The third-order valence-corrected chi connectivity index (χ3v) is 5.51. The van der Waals surface area contributed by atoms with Crippen LogP contribution in [-0.4, -0.2) is 30.7 Å². The second kappa shape index (κ2) is 6.40. The molecule has 1 aliphatic carbocycles. The van der Waals surface area contributed by atoms with Crippen molar-refractivity contribution in [1.82, 2.24) is 0 Å². The van der Waals surface area contributed by atoms with Crippen molar-refractivity contribution in [2.75, 3.05) is 0 Å². The summed E-state index contributed by atoms with van der Waals surface area (Å²) in [7, 11) is -4.05. The zero-order chi connectivity index (χ0) is 16.5. The van der Waals surface area contributed by atoms with Gasteiger partial charge in [-0.2, -0.15) is 8.42 Å². The minimum atomic E-state index is -4.05.